The lowest BCUT2D eigenvalue weighted by Gasteiger charge is -2.11. The van der Waals surface area contributed by atoms with Crippen molar-refractivity contribution in [3.63, 3.8) is 0 Å². The summed E-state index contributed by atoms with van der Waals surface area (Å²) < 4.78 is 1.68. The van der Waals surface area contributed by atoms with E-state index in [1.807, 2.05) is 6.92 Å². The summed E-state index contributed by atoms with van der Waals surface area (Å²) in [5.74, 6) is -0.474. The first-order valence-electron chi connectivity index (χ1n) is 6.73. The van der Waals surface area contributed by atoms with Crippen LogP contribution in [0.2, 0.25) is 0 Å². The Kier molecular flexibility index (Phi) is 4.37. The molecule has 1 aromatic heterocycles. The van der Waals surface area contributed by atoms with E-state index in [1.165, 1.54) is 0 Å². The summed E-state index contributed by atoms with van der Waals surface area (Å²) in [6, 6.07) is 6.88. The molecule has 0 saturated heterocycles. The van der Waals surface area contributed by atoms with Crippen molar-refractivity contribution in [1.82, 2.24) is 15.1 Å². The zero-order chi connectivity index (χ0) is 15.4. The third-order valence-corrected chi connectivity index (χ3v) is 3.25. The van der Waals surface area contributed by atoms with E-state index < -0.39 is 0 Å². The molecular weight excluding hydrogens is 268 g/mol. The molecule has 0 saturated carbocycles. The van der Waals surface area contributed by atoms with Crippen molar-refractivity contribution in [2.75, 3.05) is 12.4 Å². The minimum absolute atomic E-state index is 0.182. The number of aromatic nitrogens is 2. The number of carbonyl (C=O) groups excluding carboxylic acids is 2. The van der Waals surface area contributed by atoms with E-state index in [2.05, 4.69) is 15.7 Å². The van der Waals surface area contributed by atoms with Crippen LogP contribution in [0.3, 0.4) is 0 Å². The highest BCUT2D eigenvalue weighted by molar-refractivity contribution is 6.04. The summed E-state index contributed by atoms with van der Waals surface area (Å²) in [6.07, 6.45) is 1.75. The number of aryl methyl sites for hydroxylation is 1. The summed E-state index contributed by atoms with van der Waals surface area (Å²) in [7, 11) is 1.57. The summed E-state index contributed by atoms with van der Waals surface area (Å²) in [6.45, 7) is 4.45. The molecule has 2 N–H and O–H groups in total. The first kappa shape index (κ1) is 14.8. The number of rotatable bonds is 4. The van der Waals surface area contributed by atoms with Gasteiger partial charge in [0, 0.05) is 31.0 Å². The van der Waals surface area contributed by atoms with Crippen molar-refractivity contribution in [2.45, 2.75) is 20.4 Å². The standard InChI is InChI=1S/C15H18N4O2/c1-4-19-9-8-13(18-19)15(21)17-12-7-5-6-11(10(12)2)14(20)16-3/h5-9H,4H2,1-3H3,(H,16,20)(H,17,21). The molecule has 0 aliphatic carbocycles. The second-order valence-corrected chi connectivity index (χ2v) is 4.57. The van der Waals surface area contributed by atoms with Crippen LogP contribution >= 0.6 is 0 Å². The van der Waals surface area contributed by atoms with Gasteiger partial charge in [0.15, 0.2) is 5.69 Å². The topological polar surface area (TPSA) is 76.0 Å². The highest BCUT2D eigenvalue weighted by Crippen LogP contribution is 2.19. The fraction of sp³-hybridized carbons (Fsp3) is 0.267. The highest BCUT2D eigenvalue weighted by atomic mass is 16.2. The molecule has 6 heteroatoms. The molecule has 1 aromatic carbocycles. The van der Waals surface area contributed by atoms with Gasteiger partial charge in [-0.1, -0.05) is 6.07 Å². The van der Waals surface area contributed by atoms with Gasteiger partial charge >= 0.3 is 0 Å². The van der Waals surface area contributed by atoms with Gasteiger partial charge in [0.2, 0.25) is 0 Å². The van der Waals surface area contributed by atoms with Crippen molar-refractivity contribution in [3.05, 3.63) is 47.3 Å². The molecule has 0 spiro atoms. The molecule has 2 rings (SSSR count). The Labute approximate surface area is 123 Å². The fourth-order valence-electron chi connectivity index (χ4n) is 2.00. The zero-order valence-corrected chi connectivity index (χ0v) is 12.3. The maximum absolute atomic E-state index is 12.2. The van der Waals surface area contributed by atoms with Crippen LogP contribution in [0.4, 0.5) is 5.69 Å². The zero-order valence-electron chi connectivity index (χ0n) is 12.3. The Morgan fingerprint density at radius 2 is 2.00 bits per heavy atom. The first-order valence-corrected chi connectivity index (χ1v) is 6.73. The van der Waals surface area contributed by atoms with Crippen LogP contribution in [-0.2, 0) is 6.54 Å². The lowest BCUT2D eigenvalue weighted by molar-refractivity contribution is 0.0960. The summed E-state index contributed by atoms with van der Waals surface area (Å²) >= 11 is 0. The molecule has 6 nitrogen and oxygen atoms in total. The Bertz CT molecular complexity index is 676. The van der Waals surface area contributed by atoms with E-state index in [-0.39, 0.29) is 11.8 Å². The number of hydrogen-bond donors (Lipinski definition) is 2. The van der Waals surface area contributed by atoms with Gasteiger partial charge < -0.3 is 10.6 Å². The predicted octanol–water partition coefficient (Wildman–Crippen LogP) is 1.82. The monoisotopic (exact) mass is 286 g/mol. The summed E-state index contributed by atoms with van der Waals surface area (Å²) in [4.78, 5) is 23.9. The van der Waals surface area contributed by atoms with Crippen LogP contribution in [0.15, 0.2) is 30.5 Å². The van der Waals surface area contributed by atoms with Crippen molar-refractivity contribution >= 4 is 17.5 Å². The third kappa shape index (κ3) is 3.10. The molecule has 2 amide bonds. The average molecular weight is 286 g/mol. The highest BCUT2D eigenvalue weighted by Gasteiger charge is 2.14. The molecule has 0 unspecified atom stereocenters. The maximum atomic E-state index is 12.2. The van der Waals surface area contributed by atoms with E-state index in [4.69, 9.17) is 0 Å². The van der Waals surface area contributed by atoms with Crippen molar-refractivity contribution in [2.24, 2.45) is 0 Å². The quantitative estimate of drug-likeness (QED) is 0.900. The molecule has 0 aliphatic heterocycles. The summed E-state index contributed by atoms with van der Waals surface area (Å²) in [5, 5.41) is 9.52. The van der Waals surface area contributed by atoms with E-state index in [0.29, 0.717) is 23.5 Å². The van der Waals surface area contributed by atoms with Gasteiger partial charge in [-0.25, -0.2) is 0 Å². The molecule has 1 heterocycles. The summed E-state index contributed by atoms with van der Waals surface area (Å²) in [5.41, 5.74) is 2.21. The molecule has 0 atom stereocenters. The van der Waals surface area contributed by atoms with Gasteiger partial charge in [0.1, 0.15) is 0 Å². The van der Waals surface area contributed by atoms with Gasteiger partial charge in [-0.15, -0.1) is 0 Å². The minimum atomic E-state index is -0.292. The average Bonchev–Trinajstić information content (AvgIpc) is 2.97. The van der Waals surface area contributed by atoms with Gasteiger partial charge in [-0.3, -0.25) is 14.3 Å². The van der Waals surface area contributed by atoms with E-state index in [1.54, 1.807) is 49.1 Å². The number of amides is 2. The van der Waals surface area contributed by atoms with Crippen LogP contribution < -0.4 is 10.6 Å². The second kappa shape index (κ2) is 6.21. The van der Waals surface area contributed by atoms with Crippen LogP contribution in [0, 0.1) is 6.92 Å². The Morgan fingerprint density at radius 1 is 1.24 bits per heavy atom. The van der Waals surface area contributed by atoms with E-state index in [0.717, 1.165) is 5.56 Å². The molecule has 21 heavy (non-hydrogen) atoms. The molecule has 2 aromatic rings. The molecule has 0 aliphatic rings. The Balaban J connectivity index is 2.23. The molecule has 0 fully saturated rings. The van der Waals surface area contributed by atoms with Gasteiger partial charge in [-0.05, 0) is 37.6 Å². The smallest absolute Gasteiger partial charge is 0.276 e. The number of hydrogen-bond acceptors (Lipinski definition) is 3. The Hall–Kier alpha value is -2.63. The number of nitrogens with zero attached hydrogens (tertiary/aromatic N) is 2. The normalized spacial score (nSPS) is 10.2. The lowest BCUT2D eigenvalue weighted by atomic mass is 10.1. The lowest BCUT2D eigenvalue weighted by Crippen LogP contribution is -2.20. The second-order valence-electron chi connectivity index (χ2n) is 4.57. The molecule has 0 radical (unpaired) electrons. The van der Waals surface area contributed by atoms with Crippen molar-refractivity contribution < 1.29 is 9.59 Å². The fourth-order valence-corrected chi connectivity index (χ4v) is 2.00. The van der Waals surface area contributed by atoms with Crippen LogP contribution in [0.1, 0.15) is 33.3 Å². The number of benzene rings is 1. The predicted molar refractivity (Wildman–Crippen MR) is 80.4 cm³/mol. The van der Waals surface area contributed by atoms with Gasteiger partial charge in [-0.2, -0.15) is 5.10 Å². The number of carbonyl (C=O) groups is 2. The largest absolute Gasteiger partial charge is 0.355 e. The number of nitrogens with one attached hydrogen (secondary N) is 2. The molecule has 0 bridgehead atoms. The van der Waals surface area contributed by atoms with Gasteiger partial charge in [0.25, 0.3) is 11.8 Å². The van der Waals surface area contributed by atoms with Gasteiger partial charge in [0.05, 0.1) is 0 Å². The third-order valence-electron chi connectivity index (χ3n) is 3.25. The maximum Gasteiger partial charge on any atom is 0.276 e. The SMILES string of the molecule is CCn1ccc(C(=O)Nc2cccc(C(=O)NC)c2C)n1. The Morgan fingerprint density at radius 3 is 2.62 bits per heavy atom. The number of anilines is 1. The first-order chi connectivity index (χ1) is 10.1. The van der Waals surface area contributed by atoms with E-state index in [9.17, 15) is 9.59 Å². The molecule has 110 valence electrons. The molecular formula is C15H18N4O2. The minimum Gasteiger partial charge on any atom is -0.355 e. The van der Waals surface area contributed by atoms with Crippen molar-refractivity contribution in [3.8, 4) is 0 Å². The van der Waals surface area contributed by atoms with E-state index >= 15 is 0 Å². The van der Waals surface area contributed by atoms with Crippen molar-refractivity contribution in [1.29, 1.82) is 0 Å². The van der Waals surface area contributed by atoms with Crippen LogP contribution in [0.5, 0.6) is 0 Å². The van der Waals surface area contributed by atoms with Crippen LogP contribution in [0.25, 0.3) is 0 Å². The van der Waals surface area contributed by atoms with Crippen LogP contribution in [-0.4, -0.2) is 28.6 Å².